The molecule has 3 aliphatic rings. The zero-order valence-electron chi connectivity index (χ0n) is 15.9. The van der Waals surface area contributed by atoms with Crippen molar-refractivity contribution in [2.45, 2.75) is 51.1 Å². The minimum Gasteiger partial charge on any atom is -0.484 e. The zero-order chi connectivity index (χ0) is 18.9. The summed E-state index contributed by atoms with van der Waals surface area (Å²) in [5.74, 6) is 0.952. The molecule has 1 aromatic rings. The van der Waals surface area contributed by atoms with Crippen molar-refractivity contribution in [3.63, 3.8) is 0 Å². The van der Waals surface area contributed by atoms with Crippen LogP contribution in [0.25, 0.3) is 0 Å². The van der Waals surface area contributed by atoms with E-state index in [0.29, 0.717) is 11.8 Å². The van der Waals surface area contributed by atoms with E-state index < -0.39 is 0 Å². The fraction of sp³-hybridized carbons (Fsp3) is 0.619. The van der Waals surface area contributed by atoms with E-state index in [0.717, 1.165) is 50.8 Å². The van der Waals surface area contributed by atoms with Crippen molar-refractivity contribution in [3.05, 3.63) is 29.8 Å². The smallest absolute Gasteiger partial charge is 0.258 e. The third kappa shape index (κ3) is 4.43. The van der Waals surface area contributed by atoms with Crippen LogP contribution in [-0.4, -0.2) is 37.6 Å². The number of benzene rings is 1. The standard InChI is InChI=1S/C21H29N3O3/c1-14(23-20(26)18-12-21(18)8-10-22-11-9-21)15-2-6-17(7-3-15)27-13-19(25)24-16-4-5-16/h2-3,6-7,14,16,18,22H,4-5,8-13H2,1H3,(H,23,26)(H,24,25). The van der Waals surface area contributed by atoms with Crippen LogP contribution < -0.4 is 20.7 Å². The van der Waals surface area contributed by atoms with Crippen LogP contribution in [0.15, 0.2) is 24.3 Å². The van der Waals surface area contributed by atoms with Gasteiger partial charge in [-0.15, -0.1) is 0 Å². The summed E-state index contributed by atoms with van der Waals surface area (Å²) in [5.41, 5.74) is 1.30. The number of hydrogen-bond donors (Lipinski definition) is 3. The molecule has 0 bridgehead atoms. The molecular weight excluding hydrogens is 342 g/mol. The molecule has 6 nitrogen and oxygen atoms in total. The van der Waals surface area contributed by atoms with Gasteiger partial charge in [0.25, 0.3) is 5.91 Å². The van der Waals surface area contributed by atoms with Crippen LogP contribution in [0.4, 0.5) is 0 Å². The lowest BCUT2D eigenvalue weighted by Gasteiger charge is -2.24. The van der Waals surface area contributed by atoms with Gasteiger partial charge < -0.3 is 20.7 Å². The molecule has 2 amide bonds. The molecule has 2 saturated carbocycles. The van der Waals surface area contributed by atoms with Crippen molar-refractivity contribution in [1.82, 2.24) is 16.0 Å². The predicted octanol–water partition coefficient (Wildman–Crippen LogP) is 1.91. The third-order valence-corrected chi connectivity index (χ3v) is 6.16. The number of ether oxygens (including phenoxy) is 1. The second kappa shape index (κ2) is 7.50. The van der Waals surface area contributed by atoms with E-state index in [1.807, 2.05) is 31.2 Å². The fourth-order valence-electron chi connectivity index (χ4n) is 4.09. The topological polar surface area (TPSA) is 79.5 Å². The quantitative estimate of drug-likeness (QED) is 0.684. The minimum atomic E-state index is -0.0708. The Labute approximate surface area is 160 Å². The predicted molar refractivity (Wildman–Crippen MR) is 102 cm³/mol. The van der Waals surface area contributed by atoms with Gasteiger partial charge in [-0.2, -0.15) is 0 Å². The number of hydrogen-bond acceptors (Lipinski definition) is 4. The van der Waals surface area contributed by atoms with E-state index in [1.54, 1.807) is 0 Å². The maximum absolute atomic E-state index is 12.6. The van der Waals surface area contributed by atoms with Gasteiger partial charge in [0.2, 0.25) is 5.91 Å². The molecule has 1 spiro atoms. The van der Waals surface area contributed by atoms with E-state index in [9.17, 15) is 9.59 Å². The number of nitrogens with one attached hydrogen (secondary N) is 3. The van der Waals surface area contributed by atoms with Gasteiger partial charge >= 0.3 is 0 Å². The second-order valence-corrected chi connectivity index (χ2v) is 8.30. The summed E-state index contributed by atoms with van der Waals surface area (Å²) in [6.07, 6.45) is 5.40. The first-order valence-corrected chi connectivity index (χ1v) is 10.1. The van der Waals surface area contributed by atoms with E-state index in [-0.39, 0.29) is 35.8 Å². The molecule has 2 aliphatic carbocycles. The molecule has 0 radical (unpaired) electrons. The number of amides is 2. The highest BCUT2D eigenvalue weighted by Crippen LogP contribution is 2.58. The molecule has 3 fully saturated rings. The van der Waals surface area contributed by atoms with Crippen molar-refractivity contribution in [1.29, 1.82) is 0 Å². The fourth-order valence-corrected chi connectivity index (χ4v) is 4.09. The Kier molecular flexibility index (Phi) is 5.08. The van der Waals surface area contributed by atoms with Gasteiger partial charge in [-0.1, -0.05) is 12.1 Å². The van der Waals surface area contributed by atoms with Crippen molar-refractivity contribution in [2.75, 3.05) is 19.7 Å². The molecule has 27 heavy (non-hydrogen) atoms. The molecule has 6 heteroatoms. The van der Waals surface area contributed by atoms with Crippen LogP contribution in [0, 0.1) is 11.3 Å². The van der Waals surface area contributed by atoms with Gasteiger partial charge in [-0.3, -0.25) is 9.59 Å². The number of carbonyl (C=O) groups is 2. The lowest BCUT2D eigenvalue weighted by Crippen LogP contribution is -2.34. The molecule has 1 saturated heterocycles. The highest BCUT2D eigenvalue weighted by Gasteiger charge is 2.57. The zero-order valence-corrected chi connectivity index (χ0v) is 15.9. The summed E-state index contributed by atoms with van der Waals surface area (Å²) >= 11 is 0. The maximum Gasteiger partial charge on any atom is 0.258 e. The Morgan fingerprint density at radius 3 is 2.59 bits per heavy atom. The SMILES string of the molecule is CC(NC(=O)C1CC12CCNCC2)c1ccc(OCC(=O)NC2CC2)cc1. The Balaban J connectivity index is 1.24. The van der Waals surface area contributed by atoms with Crippen LogP contribution in [0.3, 0.4) is 0 Å². The van der Waals surface area contributed by atoms with Gasteiger partial charge in [0.05, 0.1) is 6.04 Å². The van der Waals surface area contributed by atoms with Crippen LogP contribution in [0.1, 0.15) is 50.6 Å². The normalized spacial score (nSPS) is 24.1. The summed E-state index contributed by atoms with van der Waals surface area (Å²) in [4.78, 5) is 24.3. The number of carbonyl (C=O) groups excluding carboxylic acids is 2. The first-order valence-electron chi connectivity index (χ1n) is 10.1. The Bertz CT molecular complexity index is 693. The molecule has 1 heterocycles. The average molecular weight is 371 g/mol. The van der Waals surface area contributed by atoms with Gasteiger partial charge in [-0.25, -0.2) is 0 Å². The van der Waals surface area contributed by atoms with Crippen LogP contribution in [-0.2, 0) is 9.59 Å². The van der Waals surface area contributed by atoms with Crippen molar-refractivity contribution >= 4 is 11.8 Å². The molecule has 1 aromatic carbocycles. The largest absolute Gasteiger partial charge is 0.484 e. The molecular formula is C21H29N3O3. The van der Waals surface area contributed by atoms with Gasteiger partial charge in [0.1, 0.15) is 5.75 Å². The summed E-state index contributed by atoms with van der Waals surface area (Å²) in [7, 11) is 0. The first-order chi connectivity index (χ1) is 13.1. The van der Waals surface area contributed by atoms with Crippen LogP contribution in [0.2, 0.25) is 0 Å². The summed E-state index contributed by atoms with van der Waals surface area (Å²) in [6, 6.07) is 7.92. The van der Waals surface area contributed by atoms with Crippen LogP contribution in [0.5, 0.6) is 5.75 Å². The first kappa shape index (κ1) is 18.3. The highest BCUT2D eigenvalue weighted by molar-refractivity contribution is 5.83. The number of rotatable bonds is 7. The Morgan fingerprint density at radius 1 is 1.22 bits per heavy atom. The van der Waals surface area contributed by atoms with E-state index in [1.165, 1.54) is 0 Å². The molecule has 0 aromatic heterocycles. The van der Waals surface area contributed by atoms with E-state index in [4.69, 9.17) is 4.74 Å². The monoisotopic (exact) mass is 371 g/mol. The molecule has 3 N–H and O–H groups in total. The molecule has 1 aliphatic heterocycles. The average Bonchev–Trinajstić information content (AvgIpc) is 3.59. The lowest BCUT2D eigenvalue weighted by molar-refractivity contribution is -0.124. The minimum absolute atomic E-state index is 0.0379. The van der Waals surface area contributed by atoms with Gasteiger partial charge in [-0.05, 0) is 75.2 Å². The Morgan fingerprint density at radius 2 is 1.93 bits per heavy atom. The summed E-state index contributed by atoms with van der Waals surface area (Å²) in [5, 5.41) is 9.44. The van der Waals surface area contributed by atoms with E-state index in [2.05, 4.69) is 16.0 Å². The molecule has 2 atom stereocenters. The summed E-state index contributed by atoms with van der Waals surface area (Å²) < 4.78 is 5.53. The van der Waals surface area contributed by atoms with E-state index >= 15 is 0 Å². The van der Waals surface area contributed by atoms with Crippen molar-refractivity contribution in [2.24, 2.45) is 11.3 Å². The number of piperidine rings is 1. The van der Waals surface area contributed by atoms with Crippen LogP contribution >= 0.6 is 0 Å². The third-order valence-electron chi connectivity index (χ3n) is 6.16. The molecule has 4 rings (SSSR count). The Hall–Kier alpha value is -2.08. The molecule has 146 valence electrons. The second-order valence-electron chi connectivity index (χ2n) is 8.30. The van der Waals surface area contributed by atoms with Gasteiger partial charge in [0.15, 0.2) is 6.61 Å². The maximum atomic E-state index is 12.6. The summed E-state index contributed by atoms with van der Waals surface area (Å²) in [6.45, 7) is 4.11. The van der Waals surface area contributed by atoms with Gasteiger partial charge in [0, 0.05) is 12.0 Å². The van der Waals surface area contributed by atoms with Crippen molar-refractivity contribution in [3.8, 4) is 5.75 Å². The van der Waals surface area contributed by atoms with Crippen molar-refractivity contribution < 1.29 is 14.3 Å². The lowest BCUT2D eigenvalue weighted by atomic mass is 9.91. The molecule has 2 unspecified atom stereocenters. The highest BCUT2D eigenvalue weighted by atomic mass is 16.5.